The van der Waals surface area contributed by atoms with Crippen molar-refractivity contribution in [3.63, 3.8) is 0 Å². The van der Waals surface area contributed by atoms with Gasteiger partial charge in [0.2, 0.25) is 0 Å². The summed E-state index contributed by atoms with van der Waals surface area (Å²) in [6, 6.07) is 8.82. The molecule has 2 aliphatic carbocycles. The first-order chi connectivity index (χ1) is 33.4. The van der Waals surface area contributed by atoms with Crippen molar-refractivity contribution < 1.29 is 0 Å². The monoisotopic (exact) mass is 945 g/mol. The van der Waals surface area contributed by atoms with Crippen molar-refractivity contribution in [1.82, 2.24) is 0 Å². The van der Waals surface area contributed by atoms with Crippen LogP contribution in [0, 0.1) is 17.8 Å². The summed E-state index contributed by atoms with van der Waals surface area (Å²) in [5, 5.41) is 3.58. The molecule has 1 N–H and O–H groups in total. The van der Waals surface area contributed by atoms with Crippen molar-refractivity contribution in [2.45, 2.75) is 177 Å². The number of benzene rings is 1. The molecule has 0 amide bonds. The van der Waals surface area contributed by atoms with E-state index in [1.807, 2.05) is 94.5 Å². The maximum absolute atomic E-state index is 4.01. The minimum Gasteiger partial charge on any atom is -0.379 e. The van der Waals surface area contributed by atoms with Crippen LogP contribution in [0.2, 0.25) is 0 Å². The number of aliphatic imine (C=N–C) groups is 1. The number of para-hydroxylation sites is 1. The van der Waals surface area contributed by atoms with Gasteiger partial charge in [-0.2, -0.15) is 0 Å². The topological polar surface area (TPSA) is 24.4 Å². The first-order valence-corrected chi connectivity index (χ1v) is 26.4. The molecule has 0 spiro atoms. The Morgan fingerprint density at radius 3 is 1.83 bits per heavy atom. The largest absolute Gasteiger partial charge is 0.379 e. The summed E-state index contributed by atoms with van der Waals surface area (Å²) in [6.07, 6.45) is 48.9. The molecule has 2 nitrogen and oxygen atoms in total. The molecule has 0 bridgehead atoms. The molecular weight excluding hydrogens is 833 g/mol. The van der Waals surface area contributed by atoms with Gasteiger partial charge in [0.25, 0.3) is 0 Å². The zero-order chi connectivity index (χ0) is 54.7. The van der Waals surface area contributed by atoms with E-state index in [9.17, 15) is 0 Å². The van der Waals surface area contributed by atoms with Gasteiger partial charge in [-0.3, -0.25) is 4.99 Å². The van der Waals surface area contributed by atoms with Gasteiger partial charge in [0, 0.05) is 35.7 Å². The van der Waals surface area contributed by atoms with Crippen LogP contribution in [0.5, 0.6) is 0 Å². The molecule has 0 radical (unpaired) electrons. The van der Waals surface area contributed by atoms with Crippen LogP contribution in [0.3, 0.4) is 0 Å². The van der Waals surface area contributed by atoms with E-state index in [1.54, 1.807) is 18.2 Å². The van der Waals surface area contributed by atoms with E-state index in [0.29, 0.717) is 23.8 Å². The van der Waals surface area contributed by atoms with Crippen LogP contribution >= 0.6 is 0 Å². The van der Waals surface area contributed by atoms with Gasteiger partial charge in [-0.25, -0.2) is 0 Å². The fraction of sp³-hybridized carbons (Fsp3) is 0.448. The Morgan fingerprint density at radius 2 is 1.39 bits per heavy atom. The highest BCUT2D eigenvalue weighted by atomic mass is 14.9. The average Bonchev–Trinajstić information content (AvgIpc) is 3.39. The van der Waals surface area contributed by atoms with Gasteiger partial charge in [0.05, 0.1) is 0 Å². The minimum atomic E-state index is 0.299. The fourth-order valence-corrected chi connectivity index (χ4v) is 6.08. The molecule has 3 rings (SSSR count). The highest BCUT2D eigenvalue weighted by Crippen LogP contribution is 2.34. The third-order valence-corrected chi connectivity index (χ3v) is 9.30. The van der Waals surface area contributed by atoms with Crippen LogP contribution in [0.25, 0.3) is 5.57 Å². The van der Waals surface area contributed by atoms with E-state index in [4.69, 9.17) is 0 Å². The van der Waals surface area contributed by atoms with Gasteiger partial charge >= 0.3 is 0 Å². The second kappa shape index (κ2) is 64.9. The van der Waals surface area contributed by atoms with E-state index < -0.39 is 0 Å². The van der Waals surface area contributed by atoms with Crippen LogP contribution in [0.15, 0.2) is 206 Å². The number of allylic oxidation sites excluding steroid dienone is 24. The molecule has 4 atom stereocenters. The van der Waals surface area contributed by atoms with Crippen LogP contribution in [-0.4, -0.2) is 18.8 Å². The summed E-state index contributed by atoms with van der Waals surface area (Å²) < 4.78 is 0. The normalized spacial score (nSPS) is 15.8. The molecule has 0 aromatic heterocycles. The quantitative estimate of drug-likeness (QED) is 0.0759. The van der Waals surface area contributed by atoms with Gasteiger partial charge in [-0.05, 0) is 129 Å². The molecule has 390 valence electrons. The molecule has 69 heavy (non-hydrogen) atoms. The van der Waals surface area contributed by atoms with Crippen molar-refractivity contribution in [2.75, 3.05) is 11.9 Å². The van der Waals surface area contributed by atoms with Gasteiger partial charge in [0.15, 0.2) is 0 Å². The van der Waals surface area contributed by atoms with E-state index in [-0.39, 0.29) is 0 Å². The van der Waals surface area contributed by atoms with E-state index >= 15 is 0 Å². The number of hydrogen-bond acceptors (Lipinski definition) is 2. The third kappa shape index (κ3) is 47.6. The summed E-state index contributed by atoms with van der Waals surface area (Å²) in [7, 11) is 0. The molecule has 2 heteroatoms. The first kappa shape index (κ1) is 78.0. The molecule has 0 aliphatic heterocycles. The predicted octanol–water partition coefficient (Wildman–Crippen LogP) is 22.4. The number of anilines is 1. The molecule has 0 saturated carbocycles. The summed E-state index contributed by atoms with van der Waals surface area (Å²) in [4.78, 5) is 3.97. The van der Waals surface area contributed by atoms with Crippen LogP contribution < -0.4 is 5.32 Å². The molecule has 2 aliphatic rings. The number of unbranched alkanes of at least 4 members (excludes halogenated alkanes) is 1. The summed E-state index contributed by atoms with van der Waals surface area (Å²) in [5.41, 5.74) is 9.25. The average molecular weight is 946 g/mol. The van der Waals surface area contributed by atoms with Gasteiger partial charge in [-0.15, -0.1) is 6.58 Å². The van der Waals surface area contributed by atoms with E-state index in [2.05, 4.69) is 221 Å². The van der Waals surface area contributed by atoms with Gasteiger partial charge in [-0.1, -0.05) is 253 Å². The van der Waals surface area contributed by atoms with Crippen LogP contribution in [-0.2, 0) is 0 Å². The Kier molecular flexibility index (Phi) is 73.3. The molecule has 0 saturated heterocycles. The van der Waals surface area contributed by atoms with Crippen molar-refractivity contribution in [3.05, 3.63) is 207 Å². The Labute approximate surface area is 433 Å². The summed E-state index contributed by atoms with van der Waals surface area (Å²) in [6.45, 7) is 60.3. The standard InChI is InChI=1S/C21H29N.C16H22.C10H14.C5H11N.C4H6.C3H6.4C2H6/c1-5-7-9-11-14-18(3)20-16-12-13-17-21(20)22-19(4)15-10-8-6-2;1-6-9-12(3)15(7-2)16-13(4)10-8-11-14(16)5;1-3-9(2)10-7-5-4-6-8-10;1-3-5-6-4-2;1-3-4-2;1-3-2;4*1-2/h5-8,10,12-17,19,22H,9,11H2,1-4H3;6-11,13,16H,2H2,1,3-5H3;4-7,10H,2-3,8H2,1H3;5H,3-4H2,1-2H3;3-4H,1-2H2;3H,1H2,2H3;4*1-2H3/b7-5+,8-6-,15-10-,18-14+;9-6-,15-12+;;;;;;;;. The van der Waals surface area contributed by atoms with Gasteiger partial charge in [0.1, 0.15) is 0 Å². The lowest BCUT2D eigenvalue weighted by Gasteiger charge is -2.27. The number of nitrogens with one attached hydrogen (secondary N) is 1. The second-order valence-electron chi connectivity index (χ2n) is 14.5. The summed E-state index contributed by atoms with van der Waals surface area (Å²) in [5.74, 6) is 1.65. The number of nitrogens with zero attached hydrogens (tertiary/aromatic N) is 1. The first-order valence-electron chi connectivity index (χ1n) is 26.4. The maximum atomic E-state index is 4.01. The number of hydrogen-bond donors (Lipinski definition) is 1. The lowest BCUT2D eigenvalue weighted by Crippen LogP contribution is -2.16. The Morgan fingerprint density at radius 1 is 0.797 bits per heavy atom. The minimum absolute atomic E-state index is 0.299. The molecule has 0 fully saturated rings. The van der Waals surface area contributed by atoms with E-state index in [0.717, 1.165) is 38.6 Å². The smallest absolute Gasteiger partial charge is 0.0420 e. The zero-order valence-electron chi connectivity index (χ0n) is 49.0. The second-order valence-corrected chi connectivity index (χ2v) is 14.5. The Balaban J connectivity index is -0.000000143. The molecule has 4 unspecified atom stereocenters. The fourth-order valence-electron chi connectivity index (χ4n) is 6.08. The molecule has 0 heterocycles. The highest BCUT2D eigenvalue weighted by Gasteiger charge is 2.22. The van der Waals surface area contributed by atoms with Crippen LogP contribution in [0.1, 0.15) is 176 Å². The molecule has 1 aromatic rings. The zero-order valence-corrected chi connectivity index (χ0v) is 49.0. The number of rotatable bonds is 16. The Bertz CT molecular complexity index is 1680. The van der Waals surface area contributed by atoms with Crippen molar-refractivity contribution >= 4 is 17.5 Å². The van der Waals surface area contributed by atoms with E-state index in [1.165, 1.54) is 39.1 Å². The van der Waals surface area contributed by atoms with Crippen molar-refractivity contribution in [2.24, 2.45) is 22.7 Å². The maximum Gasteiger partial charge on any atom is 0.0420 e. The van der Waals surface area contributed by atoms with Crippen LogP contribution in [0.4, 0.5) is 5.69 Å². The molecular formula is C67H112N2. The summed E-state index contributed by atoms with van der Waals surface area (Å²) >= 11 is 0. The Hall–Kier alpha value is -5.21. The highest BCUT2D eigenvalue weighted by molar-refractivity contribution is 5.75. The lowest BCUT2D eigenvalue weighted by molar-refractivity contribution is 0.554. The third-order valence-electron chi connectivity index (χ3n) is 9.30. The van der Waals surface area contributed by atoms with Crippen molar-refractivity contribution in [3.8, 4) is 0 Å². The molecule has 1 aromatic carbocycles. The predicted molar refractivity (Wildman–Crippen MR) is 331 cm³/mol. The van der Waals surface area contributed by atoms with Crippen molar-refractivity contribution in [1.29, 1.82) is 0 Å². The SMILES string of the molecule is C/C=C\C=C/C(C)Nc1ccccc1/C(C)=C/CC/C=C/C.C=C(CC)C1C=CC=CC1.C=C/C(=C(C)\C=C/C)C1C(C)=CC=CC1C.C=CC.C=CC=C.CC.CC.CC.CC.CCC=NCC. The van der Waals surface area contributed by atoms with Gasteiger partial charge < -0.3 is 5.32 Å². The lowest BCUT2D eigenvalue weighted by atomic mass is 9.77.